The lowest BCUT2D eigenvalue weighted by atomic mass is 10.0. The van der Waals surface area contributed by atoms with Crippen molar-refractivity contribution in [2.75, 3.05) is 40.0 Å². The summed E-state index contributed by atoms with van der Waals surface area (Å²) < 4.78 is 12.8. The smallest absolute Gasteiger partial charge is 0.231 e. The van der Waals surface area contributed by atoms with Gasteiger partial charge in [0.2, 0.25) is 6.79 Å². The molecule has 1 aromatic heterocycles. The summed E-state index contributed by atoms with van der Waals surface area (Å²) in [6.07, 6.45) is 0. The highest BCUT2D eigenvalue weighted by Crippen LogP contribution is 2.33. The summed E-state index contributed by atoms with van der Waals surface area (Å²) >= 11 is 0. The van der Waals surface area contributed by atoms with E-state index in [0.29, 0.717) is 12.5 Å². The van der Waals surface area contributed by atoms with Crippen LogP contribution in [0.5, 0.6) is 11.5 Å². The SMILES string of the molecule is CC(C)C(c1nnnn1Cc1ccc2c(c1)OCO2)N1CCN(C)CC1.[Cl-]. The summed E-state index contributed by atoms with van der Waals surface area (Å²) in [5.74, 6) is 2.95. The Balaban J connectivity index is 0.00000210. The van der Waals surface area contributed by atoms with Gasteiger partial charge >= 0.3 is 0 Å². The van der Waals surface area contributed by atoms with Gasteiger partial charge in [0.15, 0.2) is 17.3 Å². The van der Waals surface area contributed by atoms with Crippen LogP contribution < -0.4 is 21.9 Å². The highest BCUT2D eigenvalue weighted by atomic mass is 35.5. The molecule has 0 aliphatic carbocycles. The topological polar surface area (TPSA) is 68.5 Å². The van der Waals surface area contributed by atoms with Crippen molar-refractivity contribution in [1.29, 1.82) is 0 Å². The number of benzene rings is 1. The molecule has 0 saturated carbocycles. The maximum absolute atomic E-state index is 5.48. The first-order chi connectivity index (χ1) is 12.6. The zero-order valence-corrected chi connectivity index (χ0v) is 16.8. The zero-order valence-electron chi connectivity index (χ0n) is 16.0. The number of hydrogen-bond donors (Lipinski definition) is 0. The monoisotopic (exact) mass is 393 g/mol. The molecule has 4 rings (SSSR count). The quantitative estimate of drug-likeness (QED) is 0.606. The van der Waals surface area contributed by atoms with Crippen molar-refractivity contribution in [2.24, 2.45) is 5.92 Å². The third-order valence-electron chi connectivity index (χ3n) is 5.16. The van der Waals surface area contributed by atoms with Gasteiger partial charge in [0, 0.05) is 26.2 Å². The average molecular weight is 394 g/mol. The Hall–Kier alpha value is -1.90. The number of tetrazole rings is 1. The van der Waals surface area contributed by atoms with Crippen molar-refractivity contribution in [1.82, 2.24) is 30.0 Å². The van der Waals surface area contributed by atoms with Gasteiger partial charge in [0.1, 0.15) is 0 Å². The van der Waals surface area contributed by atoms with Gasteiger partial charge in [-0.05, 0) is 41.1 Å². The molecule has 3 heterocycles. The van der Waals surface area contributed by atoms with E-state index in [2.05, 4.69) is 46.2 Å². The number of ether oxygens (including phenoxy) is 2. The molecule has 1 aromatic carbocycles. The maximum Gasteiger partial charge on any atom is 0.231 e. The van der Waals surface area contributed by atoms with Crippen molar-refractivity contribution in [2.45, 2.75) is 26.4 Å². The van der Waals surface area contributed by atoms with E-state index in [9.17, 15) is 0 Å². The van der Waals surface area contributed by atoms with E-state index in [-0.39, 0.29) is 25.2 Å². The van der Waals surface area contributed by atoms with Crippen molar-refractivity contribution in [3.8, 4) is 11.5 Å². The van der Waals surface area contributed by atoms with Gasteiger partial charge in [-0.2, -0.15) is 0 Å². The van der Waals surface area contributed by atoms with Crippen LogP contribution in [-0.2, 0) is 6.54 Å². The molecule has 1 unspecified atom stereocenters. The van der Waals surface area contributed by atoms with Crippen LogP contribution in [0.25, 0.3) is 0 Å². The number of halogens is 1. The lowest BCUT2D eigenvalue weighted by Gasteiger charge is -2.39. The third-order valence-corrected chi connectivity index (χ3v) is 5.16. The Morgan fingerprint density at radius 1 is 1.07 bits per heavy atom. The first-order valence-corrected chi connectivity index (χ1v) is 9.19. The summed E-state index contributed by atoms with van der Waals surface area (Å²) in [5, 5.41) is 12.6. The molecule has 0 N–H and O–H groups in total. The molecule has 0 bridgehead atoms. The van der Waals surface area contributed by atoms with Crippen LogP contribution in [0.4, 0.5) is 0 Å². The Labute approximate surface area is 165 Å². The second-order valence-electron chi connectivity index (χ2n) is 7.41. The average Bonchev–Trinajstić information content (AvgIpc) is 3.26. The highest BCUT2D eigenvalue weighted by molar-refractivity contribution is 5.44. The number of nitrogens with zero attached hydrogens (tertiary/aromatic N) is 6. The van der Waals surface area contributed by atoms with Gasteiger partial charge in [0.25, 0.3) is 0 Å². The van der Waals surface area contributed by atoms with Crippen molar-refractivity contribution >= 4 is 0 Å². The summed E-state index contributed by atoms with van der Waals surface area (Å²) in [4.78, 5) is 4.87. The molecular formula is C18H26ClN6O2-. The first kappa shape index (κ1) is 19.9. The Bertz CT molecular complexity index is 760. The summed E-state index contributed by atoms with van der Waals surface area (Å²) in [7, 11) is 2.17. The third kappa shape index (κ3) is 4.17. The van der Waals surface area contributed by atoms with E-state index < -0.39 is 0 Å². The summed E-state index contributed by atoms with van der Waals surface area (Å²) in [6.45, 7) is 9.61. The van der Waals surface area contributed by atoms with Crippen LogP contribution in [0, 0.1) is 5.92 Å². The Morgan fingerprint density at radius 2 is 1.81 bits per heavy atom. The number of hydrogen-bond acceptors (Lipinski definition) is 7. The second kappa shape index (κ2) is 8.41. The number of aromatic nitrogens is 4. The lowest BCUT2D eigenvalue weighted by molar-refractivity contribution is -0.00000729. The fourth-order valence-corrected chi connectivity index (χ4v) is 3.73. The van der Waals surface area contributed by atoms with Gasteiger partial charge in [-0.1, -0.05) is 19.9 Å². The molecule has 27 heavy (non-hydrogen) atoms. The summed E-state index contributed by atoms with van der Waals surface area (Å²) in [5.41, 5.74) is 1.10. The molecule has 0 radical (unpaired) electrons. The molecule has 2 aliphatic heterocycles. The van der Waals surface area contributed by atoms with Crippen molar-refractivity contribution in [3.05, 3.63) is 29.6 Å². The van der Waals surface area contributed by atoms with E-state index in [0.717, 1.165) is 49.1 Å². The molecule has 1 fully saturated rings. The minimum absolute atomic E-state index is 0. The van der Waals surface area contributed by atoms with E-state index >= 15 is 0 Å². The van der Waals surface area contributed by atoms with Crippen LogP contribution in [0.2, 0.25) is 0 Å². The standard InChI is InChI=1S/C18H26N6O2.ClH/c1-13(2)17(23-8-6-22(3)7-9-23)18-19-20-21-24(18)11-14-4-5-15-16(10-14)26-12-25-15;/h4-5,10,13,17H,6-9,11-12H2,1-3H3;1H/p-1. The zero-order chi connectivity index (χ0) is 18.1. The highest BCUT2D eigenvalue weighted by Gasteiger charge is 2.30. The molecule has 8 nitrogen and oxygen atoms in total. The predicted octanol–water partition coefficient (Wildman–Crippen LogP) is -1.60. The minimum atomic E-state index is 0. The van der Waals surface area contributed by atoms with Crippen LogP contribution >= 0.6 is 0 Å². The molecular weight excluding hydrogens is 368 g/mol. The van der Waals surface area contributed by atoms with Crippen molar-refractivity contribution in [3.63, 3.8) is 0 Å². The van der Waals surface area contributed by atoms with E-state index in [1.165, 1.54) is 0 Å². The fourth-order valence-electron chi connectivity index (χ4n) is 3.73. The second-order valence-corrected chi connectivity index (χ2v) is 7.41. The first-order valence-electron chi connectivity index (χ1n) is 9.19. The van der Waals surface area contributed by atoms with Crippen LogP contribution in [0.3, 0.4) is 0 Å². The van der Waals surface area contributed by atoms with E-state index in [1.807, 2.05) is 22.9 Å². The van der Waals surface area contributed by atoms with Gasteiger partial charge in [-0.15, -0.1) is 5.10 Å². The summed E-state index contributed by atoms with van der Waals surface area (Å²) in [6, 6.07) is 6.21. The molecule has 1 atom stereocenters. The lowest BCUT2D eigenvalue weighted by Crippen LogP contribution is -3.00. The minimum Gasteiger partial charge on any atom is -1.00 e. The van der Waals surface area contributed by atoms with Gasteiger partial charge < -0.3 is 26.8 Å². The van der Waals surface area contributed by atoms with Gasteiger partial charge in [0.05, 0.1) is 12.6 Å². The maximum atomic E-state index is 5.48. The number of piperazine rings is 1. The van der Waals surface area contributed by atoms with Crippen LogP contribution in [0.1, 0.15) is 31.3 Å². The predicted molar refractivity (Wildman–Crippen MR) is 96.1 cm³/mol. The van der Waals surface area contributed by atoms with Gasteiger partial charge in [-0.3, -0.25) is 4.90 Å². The van der Waals surface area contributed by atoms with Crippen molar-refractivity contribution < 1.29 is 21.9 Å². The molecule has 148 valence electrons. The number of likely N-dealkylation sites (N-methyl/N-ethyl adjacent to an activating group) is 1. The number of fused-ring (bicyclic) bond motifs is 1. The van der Waals surface area contributed by atoms with Gasteiger partial charge in [-0.25, -0.2) is 4.68 Å². The van der Waals surface area contributed by atoms with Crippen LogP contribution in [0.15, 0.2) is 18.2 Å². The molecule has 2 aromatic rings. The molecule has 9 heteroatoms. The van der Waals surface area contributed by atoms with Crippen LogP contribution in [-0.4, -0.2) is 70.0 Å². The van der Waals surface area contributed by atoms with E-state index in [4.69, 9.17) is 9.47 Å². The Kier molecular flexibility index (Phi) is 6.18. The Morgan fingerprint density at radius 3 is 2.56 bits per heavy atom. The molecule has 0 spiro atoms. The molecule has 1 saturated heterocycles. The fraction of sp³-hybridized carbons (Fsp3) is 0.611. The molecule has 0 amide bonds. The number of rotatable bonds is 5. The van der Waals surface area contributed by atoms with E-state index in [1.54, 1.807) is 0 Å². The molecule has 2 aliphatic rings. The largest absolute Gasteiger partial charge is 1.00 e. The normalized spacial score (nSPS) is 18.5.